The zero-order valence-corrected chi connectivity index (χ0v) is 8.47. The molecule has 0 saturated carbocycles. The van der Waals surface area contributed by atoms with Crippen molar-refractivity contribution in [3.05, 3.63) is 45.5 Å². The van der Waals surface area contributed by atoms with Crippen LogP contribution in [-0.2, 0) is 4.74 Å². The van der Waals surface area contributed by atoms with Crippen molar-refractivity contribution in [1.29, 1.82) is 0 Å². The summed E-state index contributed by atoms with van der Waals surface area (Å²) in [6.45, 7) is 1.49. The monoisotopic (exact) mass is 209 g/mol. The van der Waals surface area contributed by atoms with Crippen LogP contribution in [0.4, 0.5) is 0 Å². The predicted molar refractivity (Wildman–Crippen MR) is 53.2 cm³/mol. The average molecular weight is 209 g/mol. The van der Waals surface area contributed by atoms with Crippen LogP contribution in [0.2, 0.25) is 0 Å². The quantitative estimate of drug-likeness (QED) is 0.432. The second-order valence-corrected chi connectivity index (χ2v) is 3.07. The largest absolute Gasteiger partial charge is 0.465 e. The molecule has 0 N–H and O–H groups in total. The van der Waals surface area contributed by atoms with Gasteiger partial charge in [-0.3, -0.25) is 10.1 Å². The number of nitrogens with zero attached hydrogens (tertiary/aromatic N) is 1. The van der Waals surface area contributed by atoms with Crippen LogP contribution in [0, 0.1) is 10.1 Å². The minimum absolute atomic E-state index is 0.382. The third-order valence-corrected chi connectivity index (χ3v) is 2.13. The molecule has 15 heavy (non-hydrogen) atoms. The number of esters is 1. The van der Waals surface area contributed by atoms with Gasteiger partial charge in [0.25, 0.3) is 0 Å². The fourth-order valence-corrected chi connectivity index (χ4v) is 1.14. The van der Waals surface area contributed by atoms with Crippen LogP contribution in [0.25, 0.3) is 0 Å². The van der Waals surface area contributed by atoms with Gasteiger partial charge in [-0.15, -0.1) is 0 Å². The average Bonchev–Trinajstić information content (AvgIpc) is 2.27. The molecule has 1 unspecified atom stereocenters. The molecule has 0 heterocycles. The molecular weight excluding hydrogens is 198 g/mol. The van der Waals surface area contributed by atoms with Crippen molar-refractivity contribution in [2.24, 2.45) is 0 Å². The molecule has 0 amide bonds. The molecule has 5 nitrogen and oxygen atoms in total. The third-order valence-electron chi connectivity index (χ3n) is 2.13. The molecule has 80 valence electrons. The molecule has 0 aliphatic rings. The van der Waals surface area contributed by atoms with E-state index in [1.807, 2.05) is 0 Å². The third kappa shape index (κ3) is 2.52. The minimum atomic E-state index is -0.767. The number of ether oxygens (including phenoxy) is 1. The molecule has 0 aliphatic heterocycles. The van der Waals surface area contributed by atoms with Gasteiger partial charge in [-0.1, -0.05) is 12.1 Å². The molecule has 1 rings (SSSR count). The Bertz CT molecular complexity index is 372. The van der Waals surface area contributed by atoms with Crippen molar-refractivity contribution in [3.8, 4) is 0 Å². The summed E-state index contributed by atoms with van der Waals surface area (Å²) in [4.78, 5) is 21.2. The van der Waals surface area contributed by atoms with Crippen LogP contribution in [0.15, 0.2) is 24.3 Å². The maximum Gasteiger partial charge on any atom is 0.337 e. The molecule has 5 heteroatoms. The van der Waals surface area contributed by atoms with Crippen LogP contribution in [0.5, 0.6) is 0 Å². The van der Waals surface area contributed by atoms with E-state index >= 15 is 0 Å². The zero-order valence-electron chi connectivity index (χ0n) is 8.47. The number of nitro groups is 1. The van der Waals surface area contributed by atoms with Crippen LogP contribution in [-0.4, -0.2) is 18.0 Å². The fraction of sp³-hybridized carbons (Fsp3) is 0.300. The number of hydrogen-bond donors (Lipinski definition) is 0. The van der Waals surface area contributed by atoms with Gasteiger partial charge in [-0.25, -0.2) is 4.79 Å². The second-order valence-electron chi connectivity index (χ2n) is 3.07. The molecule has 0 saturated heterocycles. The maximum atomic E-state index is 11.1. The summed E-state index contributed by atoms with van der Waals surface area (Å²) in [6, 6.07) is 5.37. The Morgan fingerprint density at radius 1 is 1.40 bits per heavy atom. The highest BCUT2D eigenvalue weighted by Crippen LogP contribution is 2.16. The van der Waals surface area contributed by atoms with Gasteiger partial charge >= 0.3 is 5.97 Å². The molecular formula is C10H11NO4. The Morgan fingerprint density at radius 2 is 1.93 bits per heavy atom. The summed E-state index contributed by atoms with van der Waals surface area (Å²) in [5.41, 5.74) is 0.949. The Kier molecular flexibility index (Phi) is 3.38. The number of rotatable bonds is 3. The van der Waals surface area contributed by atoms with Gasteiger partial charge in [0.05, 0.1) is 12.7 Å². The predicted octanol–water partition coefficient (Wildman–Crippen LogP) is 1.81. The van der Waals surface area contributed by atoms with Crippen molar-refractivity contribution in [1.82, 2.24) is 0 Å². The fourth-order valence-electron chi connectivity index (χ4n) is 1.14. The van der Waals surface area contributed by atoms with Crippen molar-refractivity contribution in [2.45, 2.75) is 13.0 Å². The number of carbonyl (C=O) groups excluding carboxylic acids is 1. The first-order valence-electron chi connectivity index (χ1n) is 4.38. The highest BCUT2D eigenvalue weighted by atomic mass is 16.6. The van der Waals surface area contributed by atoms with E-state index in [9.17, 15) is 14.9 Å². The van der Waals surface area contributed by atoms with E-state index in [4.69, 9.17) is 0 Å². The molecule has 1 atom stereocenters. The van der Waals surface area contributed by atoms with E-state index in [2.05, 4.69) is 4.74 Å². The van der Waals surface area contributed by atoms with Gasteiger partial charge in [0, 0.05) is 17.4 Å². The first kappa shape index (κ1) is 11.2. The number of methoxy groups -OCH3 is 1. The summed E-state index contributed by atoms with van der Waals surface area (Å²) >= 11 is 0. The normalized spacial score (nSPS) is 11.9. The van der Waals surface area contributed by atoms with E-state index in [0.29, 0.717) is 11.1 Å². The van der Waals surface area contributed by atoms with Crippen molar-refractivity contribution in [2.75, 3.05) is 7.11 Å². The Morgan fingerprint density at radius 3 is 2.33 bits per heavy atom. The summed E-state index contributed by atoms with van der Waals surface area (Å²) in [7, 11) is 1.29. The second kappa shape index (κ2) is 4.54. The molecule has 1 aromatic rings. The van der Waals surface area contributed by atoms with Gasteiger partial charge < -0.3 is 4.74 Å². The lowest BCUT2D eigenvalue weighted by Crippen LogP contribution is -2.07. The molecule has 0 aliphatic carbocycles. The first-order valence-corrected chi connectivity index (χ1v) is 4.38. The molecule has 0 bridgehead atoms. The lowest BCUT2D eigenvalue weighted by atomic mass is 10.1. The van der Waals surface area contributed by atoms with Gasteiger partial charge in [0.1, 0.15) is 0 Å². The summed E-state index contributed by atoms with van der Waals surface area (Å²) < 4.78 is 4.51. The van der Waals surface area contributed by atoms with Gasteiger partial charge in [0.2, 0.25) is 6.04 Å². The van der Waals surface area contributed by atoms with E-state index in [-0.39, 0.29) is 4.92 Å². The van der Waals surface area contributed by atoms with E-state index in [1.54, 1.807) is 12.1 Å². The van der Waals surface area contributed by atoms with Gasteiger partial charge in [-0.05, 0) is 12.1 Å². The molecule has 1 aromatic carbocycles. The van der Waals surface area contributed by atoms with E-state index in [0.717, 1.165) is 0 Å². The van der Waals surface area contributed by atoms with Crippen molar-refractivity contribution < 1.29 is 14.5 Å². The molecule has 0 spiro atoms. The SMILES string of the molecule is COC(=O)c1ccc(C(C)[N+](=O)[O-])cc1. The van der Waals surface area contributed by atoms with Crippen LogP contribution >= 0.6 is 0 Å². The van der Waals surface area contributed by atoms with Crippen molar-refractivity contribution >= 4 is 5.97 Å². The standard InChI is InChI=1S/C10H11NO4/c1-7(11(13)14)8-3-5-9(6-4-8)10(12)15-2/h3-7H,1-2H3. The van der Waals surface area contributed by atoms with Gasteiger partial charge in [-0.2, -0.15) is 0 Å². The van der Waals surface area contributed by atoms with Crippen LogP contribution < -0.4 is 0 Å². The first-order chi connectivity index (χ1) is 7.06. The lowest BCUT2D eigenvalue weighted by molar-refractivity contribution is -0.524. The number of benzene rings is 1. The number of hydrogen-bond acceptors (Lipinski definition) is 4. The molecule has 0 aromatic heterocycles. The highest BCUT2D eigenvalue weighted by Gasteiger charge is 2.16. The minimum Gasteiger partial charge on any atom is -0.465 e. The van der Waals surface area contributed by atoms with Crippen LogP contribution in [0.1, 0.15) is 28.9 Å². The lowest BCUT2D eigenvalue weighted by Gasteiger charge is -2.04. The smallest absolute Gasteiger partial charge is 0.337 e. The Balaban J connectivity index is 2.90. The molecule has 0 fully saturated rings. The highest BCUT2D eigenvalue weighted by molar-refractivity contribution is 5.89. The topological polar surface area (TPSA) is 69.4 Å². The summed E-state index contributed by atoms with van der Waals surface area (Å²) in [5.74, 6) is -0.449. The Hall–Kier alpha value is -1.91. The number of carbonyl (C=O) groups is 1. The Labute approximate surface area is 86.8 Å². The van der Waals surface area contributed by atoms with E-state index < -0.39 is 12.0 Å². The summed E-state index contributed by atoms with van der Waals surface area (Å²) in [6.07, 6.45) is 0. The maximum absolute atomic E-state index is 11.1. The summed E-state index contributed by atoms with van der Waals surface area (Å²) in [5, 5.41) is 10.5. The molecule has 0 radical (unpaired) electrons. The van der Waals surface area contributed by atoms with E-state index in [1.165, 1.54) is 26.2 Å². The van der Waals surface area contributed by atoms with Crippen LogP contribution in [0.3, 0.4) is 0 Å². The van der Waals surface area contributed by atoms with Crippen molar-refractivity contribution in [3.63, 3.8) is 0 Å². The van der Waals surface area contributed by atoms with Gasteiger partial charge in [0.15, 0.2) is 0 Å². The zero-order chi connectivity index (χ0) is 11.4.